The smallest absolute Gasteiger partial charge is 0.246 e. The minimum Gasteiger partial charge on any atom is -0.366 e. The van der Waals surface area contributed by atoms with Gasteiger partial charge in [-0.15, -0.1) is 0 Å². The molecule has 2 unspecified atom stereocenters. The molecule has 0 spiro atoms. The van der Waals surface area contributed by atoms with Gasteiger partial charge in [-0.05, 0) is 46.1 Å². The first kappa shape index (κ1) is 13.5. The molecule has 0 heterocycles. The van der Waals surface area contributed by atoms with E-state index in [0.717, 1.165) is 19.3 Å². The Morgan fingerprint density at radius 2 is 2.12 bits per heavy atom. The third kappa shape index (κ3) is 4.49. The number of nitrogens with two attached hydrogens (primary N) is 1. The maximum Gasteiger partial charge on any atom is 0.246 e. The Balaban J connectivity index is 2.28. The van der Waals surface area contributed by atoms with Gasteiger partial charge in [0, 0.05) is 6.04 Å². The van der Waals surface area contributed by atoms with E-state index in [1.54, 1.807) is 0 Å². The van der Waals surface area contributed by atoms with Crippen LogP contribution in [0.4, 0.5) is 0 Å². The largest absolute Gasteiger partial charge is 0.366 e. The summed E-state index contributed by atoms with van der Waals surface area (Å²) in [6, 6.07) is 0.251. The Hall–Kier alpha value is -0.610. The Labute approximate surface area is 97.9 Å². The van der Waals surface area contributed by atoms with Gasteiger partial charge in [-0.2, -0.15) is 0 Å². The minimum absolute atomic E-state index is 0.0275. The van der Waals surface area contributed by atoms with Crippen LogP contribution in [0.2, 0.25) is 0 Å². The Morgan fingerprint density at radius 3 is 2.69 bits per heavy atom. The third-order valence-electron chi connectivity index (χ3n) is 2.94. The zero-order valence-electron chi connectivity index (χ0n) is 10.6. The average molecular weight is 228 g/mol. The van der Waals surface area contributed by atoms with Crippen molar-refractivity contribution in [2.24, 2.45) is 11.7 Å². The van der Waals surface area contributed by atoms with Crippen LogP contribution in [0, 0.1) is 5.92 Å². The molecule has 0 aliphatic heterocycles. The number of nitrogens with one attached hydrogen (secondary N) is 1. The molecule has 0 saturated heterocycles. The van der Waals surface area contributed by atoms with Crippen LogP contribution in [-0.4, -0.2) is 30.7 Å². The molecule has 94 valence electrons. The van der Waals surface area contributed by atoms with E-state index in [1.165, 1.54) is 0 Å². The fourth-order valence-corrected chi connectivity index (χ4v) is 2.04. The van der Waals surface area contributed by atoms with E-state index in [-0.39, 0.29) is 24.2 Å². The molecular formula is C12H24N2O2. The molecule has 2 atom stereocenters. The molecular weight excluding hydrogens is 204 g/mol. The summed E-state index contributed by atoms with van der Waals surface area (Å²) in [5.41, 5.74) is 5.40. The lowest BCUT2D eigenvalue weighted by Gasteiger charge is -2.22. The van der Waals surface area contributed by atoms with Gasteiger partial charge in [-0.1, -0.05) is 6.42 Å². The van der Waals surface area contributed by atoms with E-state index in [9.17, 15) is 4.79 Å². The summed E-state index contributed by atoms with van der Waals surface area (Å²) in [6.45, 7) is 6.62. The molecule has 1 aliphatic rings. The van der Waals surface area contributed by atoms with Crippen LogP contribution in [0.15, 0.2) is 0 Å². The lowest BCUT2D eigenvalue weighted by Crippen LogP contribution is -2.42. The molecule has 4 nitrogen and oxygen atoms in total. The molecule has 1 amide bonds. The van der Waals surface area contributed by atoms with Gasteiger partial charge in [-0.3, -0.25) is 4.79 Å². The average Bonchev–Trinajstić information content (AvgIpc) is 2.61. The summed E-state index contributed by atoms with van der Waals surface area (Å²) in [6.07, 6.45) is 3.33. The molecule has 1 saturated carbocycles. The highest BCUT2D eigenvalue weighted by molar-refractivity contribution is 5.77. The Kier molecular flexibility index (Phi) is 4.74. The predicted octanol–water partition coefficient (Wildman–Crippen LogP) is 1.05. The van der Waals surface area contributed by atoms with Crippen molar-refractivity contribution in [3.05, 3.63) is 0 Å². The first-order valence-electron chi connectivity index (χ1n) is 6.06. The molecule has 4 heteroatoms. The van der Waals surface area contributed by atoms with Crippen molar-refractivity contribution in [1.29, 1.82) is 0 Å². The first-order chi connectivity index (χ1) is 7.42. The van der Waals surface area contributed by atoms with Gasteiger partial charge in [0.25, 0.3) is 0 Å². The molecule has 1 aliphatic carbocycles. The van der Waals surface area contributed by atoms with Gasteiger partial charge in [0.1, 0.15) is 6.61 Å². The topological polar surface area (TPSA) is 64.3 Å². The van der Waals surface area contributed by atoms with Crippen LogP contribution in [0.1, 0.15) is 40.0 Å². The maximum atomic E-state index is 11.6. The molecule has 0 radical (unpaired) electrons. The van der Waals surface area contributed by atoms with E-state index in [4.69, 9.17) is 10.5 Å². The standard InChI is InChI=1S/C12H24N2O2/c1-12(2,3)16-8-11(15)14-10-6-4-5-9(10)7-13/h9-10H,4-8,13H2,1-3H3,(H,14,15). The number of rotatable bonds is 4. The predicted molar refractivity (Wildman–Crippen MR) is 64.0 cm³/mol. The summed E-state index contributed by atoms with van der Waals surface area (Å²) in [4.78, 5) is 11.6. The molecule has 1 rings (SSSR count). The second-order valence-corrected chi connectivity index (χ2v) is 5.50. The number of hydrogen-bond acceptors (Lipinski definition) is 3. The van der Waals surface area contributed by atoms with Crippen LogP contribution in [-0.2, 0) is 9.53 Å². The van der Waals surface area contributed by atoms with Crippen molar-refractivity contribution in [3.63, 3.8) is 0 Å². The van der Waals surface area contributed by atoms with Crippen LogP contribution in [0.5, 0.6) is 0 Å². The Morgan fingerprint density at radius 1 is 1.44 bits per heavy atom. The van der Waals surface area contributed by atoms with Crippen molar-refractivity contribution in [2.75, 3.05) is 13.2 Å². The Bertz CT molecular complexity index is 236. The second-order valence-electron chi connectivity index (χ2n) is 5.50. The van der Waals surface area contributed by atoms with Crippen LogP contribution < -0.4 is 11.1 Å². The number of carbonyl (C=O) groups is 1. The molecule has 0 bridgehead atoms. The molecule has 3 N–H and O–H groups in total. The highest BCUT2D eigenvalue weighted by atomic mass is 16.5. The normalized spacial score (nSPS) is 25.8. The molecule has 0 aromatic rings. The van der Waals surface area contributed by atoms with Crippen molar-refractivity contribution in [3.8, 4) is 0 Å². The van der Waals surface area contributed by atoms with Gasteiger partial charge in [0.15, 0.2) is 0 Å². The fraction of sp³-hybridized carbons (Fsp3) is 0.917. The van der Waals surface area contributed by atoms with E-state index < -0.39 is 0 Å². The lowest BCUT2D eigenvalue weighted by molar-refractivity contribution is -0.131. The quantitative estimate of drug-likeness (QED) is 0.756. The van der Waals surface area contributed by atoms with Crippen molar-refractivity contribution < 1.29 is 9.53 Å². The van der Waals surface area contributed by atoms with Gasteiger partial charge in [0.05, 0.1) is 5.60 Å². The zero-order chi connectivity index (χ0) is 12.2. The highest BCUT2D eigenvalue weighted by Crippen LogP contribution is 2.24. The molecule has 1 fully saturated rings. The molecule has 0 aromatic heterocycles. The first-order valence-corrected chi connectivity index (χ1v) is 6.06. The number of amides is 1. The van der Waals surface area contributed by atoms with Gasteiger partial charge in [-0.25, -0.2) is 0 Å². The number of hydrogen-bond donors (Lipinski definition) is 2. The van der Waals surface area contributed by atoms with E-state index in [2.05, 4.69) is 5.32 Å². The maximum absolute atomic E-state index is 11.6. The summed E-state index contributed by atoms with van der Waals surface area (Å²) in [5.74, 6) is 0.416. The van der Waals surface area contributed by atoms with Gasteiger partial charge in [0.2, 0.25) is 5.91 Å². The zero-order valence-corrected chi connectivity index (χ0v) is 10.6. The fourth-order valence-electron chi connectivity index (χ4n) is 2.04. The summed E-state index contributed by atoms with van der Waals surface area (Å²) >= 11 is 0. The second kappa shape index (κ2) is 5.64. The number of ether oxygens (including phenoxy) is 1. The third-order valence-corrected chi connectivity index (χ3v) is 2.94. The lowest BCUT2D eigenvalue weighted by atomic mass is 10.0. The van der Waals surface area contributed by atoms with Crippen LogP contribution in [0.25, 0.3) is 0 Å². The summed E-state index contributed by atoms with van der Waals surface area (Å²) in [7, 11) is 0. The van der Waals surface area contributed by atoms with Crippen LogP contribution in [0.3, 0.4) is 0 Å². The van der Waals surface area contributed by atoms with E-state index >= 15 is 0 Å². The summed E-state index contributed by atoms with van der Waals surface area (Å²) < 4.78 is 5.43. The monoisotopic (exact) mass is 228 g/mol. The number of carbonyl (C=O) groups excluding carboxylic acids is 1. The molecule has 16 heavy (non-hydrogen) atoms. The van der Waals surface area contributed by atoms with E-state index in [0.29, 0.717) is 12.5 Å². The van der Waals surface area contributed by atoms with Crippen molar-refractivity contribution in [1.82, 2.24) is 5.32 Å². The van der Waals surface area contributed by atoms with E-state index in [1.807, 2.05) is 20.8 Å². The van der Waals surface area contributed by atoms with Crippen LogP contribution >= 0.6 is 0 Å². The van der Waals surface area contributed by atoms with Gasteiger partial charge >= 0.3 is 0 Å². The SMILES string of the molecule is CC(C)(C)OCC(=O)NC1CCCC1CN. The van der Waals surface area contributed by atoms with Gasteiger partial charge < -0.3 is 15.8 Å². The highest BCUT2D eigenvalue weighted by Gasteiger charge is 2.27. The van der Waals surface area contributed by atoms with Crippen molar-refractivity contribution >= 4 is 5.91 Å². The minimum atomic E-state index is -0.264. The molecule has 0 aromatic carbocycles. The summed E-state index contributed by atoms with van der Waals surface area (Å²) in [5, 5.41) is 3.01. The van der Waals surface area contributed by atoms with Crippen molar-refractivity contribution in [2.45, 2.75) is 51.7 Å².